The molecule has 0 fully saturated rings. The van der Waals surface area contributed by atoms with Gasteiger partial charge >= 0.3 is 0 Å². The second-order valence-corrected chi connectivity index (χ2v) is 5.44. The molecule has 0 spiro atoms. The minimum Gasteiger partial charge on any atom is -0.331 e. The molecule has 1 aliphatic rings. The first-order valence-corrected chi connectivity index (χ1v) is 7.12. The molecule has 3 nitrogen and oxygen atoms in total. The van der Waals surface area contributed by atoms with Crippen LogP contribution in [0.3, 0.4) is 0 Å². The number of fused-ring (bicyclic) bond motifs is 1. The summed E-state index contributed by atoms with van der Waals surface area (Å²) >= 11 is 0. The van der Waals surface area contributed by atoms with Gasteiger partial charge in [0.1, 0.15) is 0 Å². The quantitative estimate of drug-likeness (QED) is 0.626. The summed E-state index contributed by atoms with van der Waals surface area (Å²) in [5.41, 5.74) is 3.94. The zero-order valence-electron chi connectivity index (χ0n) is 12.0. The third-order valence-electron chi connectivity index (χ3n) is 3.93. The van der Waals surface area contributed by atoms with Crippen molar-refractivity contribution in [3.05, 3.63) is 70.8 Å². The first-order valence-electron chi connectivity index (χ1n) is 7.12. The van der Waals surface area contributed by atoms with Crippen molar-refractivity contribution in [1.29, 1.82) is 0 Å². The Balaban J connectivity index is 1.77. The van der Waals surface area contributed by atoms with E-state index in [9.17, 15) is 9.59 Å². The minimum absolute atomic E-state index is 0.409. The van der Waals surface area contributed by atoms with Crippen molar-refractivity contribution in [2.45, 2.75) is 19.9 Å². The van der Waals surface area contributed by atoms with Gasteiger partial charge in [-0.05, 0) is 24.5 Å². The van der Waals surface area contributed by atoms with Gasteiger partial charge in [-0.3, -0.25) is 9.59 Å². The summed E-state index contributed by atoms with van der Waals surface area (Å²) in [4.78, 5) is 26.3. The van der Waals surface area contributed by atoms with E-state index < -0.39 is 11.7 Å². The molecule has 3 rings (SSSR count). The van der Waals surface area contributed by atoms with Crippen LogP contribution in [-0.2, 0) is 17.8 Å². The molecule has 1 amide bonds. The topological polar surface area (TPSA) is 37.4 Å². The van der Waals surface area contributed by atoms with Gasteiger partial charge in [-0.15, -0.1) is 0 Å². The maximum atomic E-state index is 12.4. The number of benzene rings is 2. The van der Waals surface area contributed by atoms with E-state index >= 15 is 0 Å². The number of ketones is 1. The summed E-state index contributed by atoms with van der Waals surface area (Å²) in [5, 5.41) is 0. The van der Waals surface area contributed by atoms with Gasteiger partial charge in [0.05, 0.1) is 0 Å². The Labute approximate surface area is 124 Å². The molecule has 106 valence electrons. The summed E-state index contributed by atoms with van der Waals surface area (Å²) in [7, 11) is 0. The van der Waals surface area contributed by atoms with Gasteiger partial charge in [0.25, 0.3) is 5.91 Å². The van der Waals surface area contributed by atoms with Crippen molar-refractivity contribution in [2.24, 2.45) is 0 Å². The first kappa shape index (κ1) is 13.6. The summed E-state index contributed by atoms with van der Waals surface area (Å²) in [6, 6.07) is 15.2. The average molecular weight is 279 g/mol. The Bertz CT molecular complexity index is 689. The highest BCUT2D eigenvalue weighted by Gasteiger charge is 2.26. The Kier molecular flexibility index (Phi) is 3.57. The summed E-state index contributed by atoms with van der Waals surface area (Å²) in [6.07, 6.45) is 0.809. The smallest absolute Gasteiger partial charge is 0.295 e. The van der Waals surface area contributed by atoms with Crippen molar-refractivity contribution in [3.8, 4) is 0 Å². The molecule has 0 aliphatic carbocycles. The lowest BCUT2D eigenvalue weighted by Crippen LogP contribution is -2.40. The van der Waals surface area contributed by atoms with Gasteiger partial charge in [-0.25, -0.2) is 0 Å². The van der Waals surface area contributed by atoms with Gasteiger partial charge in [0.15, 0.2) is 0 Å². The number of aryl methyl sites for hydroxylation is 1. The molecular weight excluding hydrogens is 262 g/mol. The van der Waals surface area contributed by atoms with E-state index in [4.69, 9.17) is 0 Å². The van der Waals surface area contributed by atoms with E-state index in [0.29, 0.717) is 18.7 Å². The van der Waals surface area contributed by atoms with E-state index in [1.807, 2.05) is 37.3 Å². The minimum atomic E-state index is -0.422. The number of rotatable bonds is 2. The number of nitrogens with zero attached hydrogens (tertiary/aromatic N) is 1. The fourth-order valence-electron chi connectivity index (χ4n) is 2.64. The van der Waals surface area contributed by atoms with Crippen LogP contribution in [0.1, 0.15) is 27.0 Å². The van der Waals surface area contributed by atoms with E-state index in [2.05, 4.69) is 6.07 Å². The van der Waals surface area contributed by atoms with E-state index in [0.717, 1.165) is 17.5 Å². The van der Waals surface area contributed by atoms with Gasteiger partial charge < -0.3 is 4.90 Å². The molecule has 1 aliphatic heterocycles. The molecule has 21 heavy (non-hydrogen) atoms. The summed E-state index contributed by atoms with van der Waals surface area (Å²) in [6.45, 7) is 3.08. The molecule has 3 heteroatoms. The molecular formula is C18H17NO2. The molecule has 2 aromatic rings. The van der Waals surface area contributed by atoms with Crippen LogP contribution < -0.4 is 0 Å². The van der Waals surface area contributed by atoms with Crippen LogP contribution in [0.4, 0.5) is 0 Å². The molecule has 0 saturated heterocycles. The second-order valence-electron chi connectivity index (χ2n) is 5.44. The number of hydrogen-bond donors (Lipinski definition) is 0. The largest absolute Gasteiger partial charge is 0.331 e. The Morgan fingerprint density at radius 1 is 0.952 bits per heavy atom. The van der Waals surface area contributed by atoms with Crippen LogP contribution in [-0.4, -0.2) is 23.1 Å². The molecule has 0 aromatic heterocycles. The predicted molar refractivity (Wildman–Crippen MR) is 81.1 cm³/mol. The maximum absolute atomic E-state index is 12.4. The van der Waals surface area contributed by atoms with Crippen LogP contribution >= 0.6 is 0 Å². The lowest BCUT2D eigenvalue weighted by atomic mass is 9.99. The van der Waals surface area contributed by atoms with Crippen LogP contribution in [0.15, 0.2) is 48.5 Å². The Morgan fingerprint density at radius 2 is 1.62 bits per heavy atom. The highest BCUT2D eigenvalue weighted by molar-refractivity contribution is 6.42. The normalized spacial score (nSPS) is 13.7. The number of amides is 1. The van der Waals surface area contributed by atoms with Crippen LogP contribution in [0.2, 0.25) is 0 Å². The zero-order chi connectivity index (χ0) is 14.8. The summed E-state index contributed by atoms with van der Waals surface area (Å²) < 4.78 is 0. The zero-order valence-corrected chi connectivity index (χ0v) is 12.0. The van der Waals surface area contributed by atoms with Crippen molar-refractivity contribution in [2.75, 3.05) is 6.54 Å². The second kappa shape index (κ2) is 5.52. The van der Waals surface area contributed by atoms with Crippen LogP contribution in [0, 0.1) is 6.92 Å². The highest BCUT2D eigenvalue weighted by Crippen LogP contribution is 2.19. The van der Waals surface area contributed by atoms with Gasteiger partial charge in [0.2, 0.25) is 5.78 Å². The van der Waals surface area contributed by atoms with E-state index in [-0.39, 0.29) is 0 Å². The SMILES string of the molecule is Cc1ccc(C(=O)C(=O)N2CCc3ccccc3C2)cc1. The molecule has 0 radical (unpaired) electrons. The van der Waals surface area contributed by atoms with Crippen molar-refractivity contribution >= 4 is 11.7 Å². The van der Waals surface area contributed by atoms with Gasteiger partial charge in [0, 0.05) is 18.7 Å². The van der Waals surface area contributed by atoms with Crippen molar-refractivity contribution in [1.82, 2.24) is 4.90 Å². The standard InChI is InChI=1S/C18H17NO2/c1-13-6-8-15(9-7-13)17(20)18(21)19-11-10-14-4-2-3-5-16(14)12-19/h2-9H,10-12H2,1H3. The Morgan fingerprint density at radius 3 is 2.33 bits per heavy atom. The van der Waals surface area contributed by atoms with Gasteiger partial charge in [-0.1, -0.05) is 54.1 Å². The van der Waals surface area contributed by atoms with E-state index in [1.54, 1.807) is 17.0 Å². The number of hydrogen-bond acceptors (Lipinski definition) is 2. The first-order chi connectivity index (χ1) is 10.1. The maximum Gasteiger partial charge on any atom is 0.295 e. The van der Waals surface area contributed by atoms with Gasteiger partial charge in [-0.2, -0.15) is 0 Å². The molecule has 1 heterocycles. The van der Waals surface area contributed by atoms with Crippen LogP contribution in [0.25, 0.3) is 0 Å². The Hall–Kier alpha value is -2.42. The monoisotopic (exact) mass is 279 g/mol. The average Bonchev–Trinajstić information content (AvgIpc) is 2.54. The predicted octanol–water partition coefficient (Wildman–Crippen LogP) is 2.76. The van der Waals surface area contributed by atoms with Crippen molar-refractivity contribution in [3.63, 3.8) is 0 Å². The molecule has 2 aromatic carbocycles. The number of Topliss-reactive ketones (excluding diaryl/α,β-unsaturated/α-hetero) is 1. The third-order valence-corrected chi connectivity index (χ3v) is 3.93. The number of carbonyl (C=O) groups excluding carboxylic acids is 2. The van der Waals surface area contributed by atoms with E-state index in [1.165, 1.54) is 5.56 Å². The molecule has 0 bridgehead atoms. The molecule has 0 atom stereocenters. The highest BCUT2D eigenvalue weighted by atomic mass is 16.2. The lowest BCUT2D eigenvalue weighted by Gasteiger charge is -2.28. The summed E-state index contributed by atoms with van der Waals surface area (Å²) in [5.74, 6) is -0.831. The molecule has 0 N–H and O–H groups in total. The fourth-order valence-corrected chi connectivity index (χ4v) is 2.64. The third kappa shape index (κ3) is 2.72. The molecule has 0 unspecified atom stereocenters. The lowest BCUT2D eigenvalue weighted by molar-refractivity contribution is -0.127. The van der Waals surface area contributed by atoms with Crippen LogP contribution in [0.5, 0.6) is 0 Å². The molecule has 0 saturated carbocycles. The fraction of sp³-hybridized carbons (Fsp3) is 0.222. The van der Waals surface area contributed by atoms with Crippen molar-refractivity contribution < 1.29 is 9.59 Å². The number of carbonyl (C=O) groups is 2.